The number of hydrogen-bond acceptors (Lipinski definition) is 4. The molecule has 1 N–H and O–H groups in total. The molecule has 1 fully saturated rings. The summed E-state index contributed by atoms with van der Waals surface area (Å²) in [6, 6.07) is 11.0. The standard InChI is InChI=1S/C22H20FNO3/c1-22(9-2-10-24-22)20(25)12-14-3-8-17-19(11-14)27-13-18(21(17)26)15-4-6-16(23)7-5-15/h3-8,11,13,24H,2,9-10,12H2,1H3. The van der Waals surface area contributed by atoms with Gasteiger partial charge in [-0.25, -0.2) is 4.39 Å². The van der Waals surface area contributed by atoms with Gasteiger partial charge in [-0.05, 0) is 61.7 Å². The van der Waals surface area contributed by atoms with Crippen LogP contribution in [0.2, 0.25) is 0 Å². The van der Waals surface area contributed by atoms with Crippen molar-refractivity contribution in [1.82, 2.24) is 5.32 Å². The first-order valence-electron chi connectivity index (χ1n) is 9.05. The summed E-state index contributed by atoms with van der Waals surface area (Å²) < 4.78 is 18.8. The minimum absolute atomic E-state index is 0.143. The number of fused-ring (bicyclic) bond motifs is 1. The van der Waals surface area contributed by atoms with Crippen molar-refractivity contribution >= 4 is 16.8 Å². The van der Waals surface area contributed by atoms with Crippen molar-refractivity contribution < 1.29 is 13.6 Å². The molecule has 2 heterocycles. The summed E-state index contributed by atoms with van der Waals surface area (Å²) in [5.74, 6) is -0.215. The summed E-state index contributed by atoms with van der Waals surface area (Å²) in [5, 5.41) is 3.72. The first-order valence-corrected chi connectivity index (χ1v) is 9.05. The molecule has 27 heavy (non-hydrogen) atoms. The highest BCUT2D eigenvalue weighted by Gasteiger charge is 2.35. The van der Waals surface area contributed by atoms with Crippen LogP contribution in [0.4, 0.5) is 4.39 Å². The molecular formula is C22H20FNO3. The van der Waals surface area contributed by atoms with Crippen LogP contribution in [-0.2, 0) is 11.2 Å². The second-order valence-electron chi connectivity index (χ2n) is 7.28. The van der Waals surface area contributed by atoms with Gasteiger partial charge in [0, 0.05) is 6.42 Å². The molecule has 0 amide bonds. The Morgan fingerprint density at radius 3 is 2.70 bits per heavy atom. The normalized spacial score (nSPS) is 19.5. The van der Waals surface area contributed by atoms with Crippen LogP contribution >= 0.6 is 0 Å². The van der Waals surface area contributed by atoms with Crippen LogP contribution in [0.25, 0.3) is 22.1 Å². The molecule has 0 spiro atoms. The smallest absolute Gasteiger partial charge is 0.200 e. The Hall–Kier alpha value is -2.79. The molecule has 0 bridgehead atoms. The van der Waals surface area contributed by atoms with Crippen molar-refractivity contribution in [3.63, 3.8) is 0 Å². The van der Waals surface area contributed by atoms with Crippen LogP contribution < -0.4 is 10.7 Å². The Bertz CT molecular complexity index is 1060. The number of carbonyl (C=O) groups excluding carboxylic acids is 1. The highest BCUT2D eigenvalue weighted by Crippen LogP contribution is 2.24. The van der Waals surface area contributed by atoms with Gasteiger partial charge in [-0.3, -0.25) is 9.59 Å². The van der Waals surface area contributed by atoms with Crippen LogP contribution in [0.3, 0.4) is 0 Å². The Kier molecular flexibility index (Phi) is 4.40. The first-order chi connectivity index (χ1) is 13.0. The van der Waals surface area contributed by atoms with Crippen molar-refractivity contribution in [3.05, 3.63) is 70.3 Å². The van der Waals surface area contributed by atoms with Crippen LogP contribution in [0, 0.1) is 5.82 Å². The predicted octanol–water partition coefficient (Wildman–Crippen LogP) is 3.85. The molecule has 1 aliphatic rings. The zero-order chi connectivity index (χ0) is 19.0. The lowest BCUT2D eigenvalue weighted by Gasteiger charge is -2.22. The maximum absolute atomic E-state index is 13.1. The van der Waals surface area contributed by atoms with Gasteiger partial charge in [0.2, 0.25) is 0 Å². The van der Waals surface area contributed by atoms with Gasteiger partial charge in [-0.1, -0.05) is 18.2 Å². The summed E-state index contributed by atoms with van der Waals surface area (Å²) in [6.07, 6.45) is 3.53. The average Bonchev–Trinajstić information content (AvgIpc) is 3.11. The van der Waals surface area contributed by atoms with E-state index in [-0.39, 0.29) is 17.0 Å². The third-order valence-corrected chi connectivity index (χ3v) is 5.34. The van der Waals surface area contributed by atoms with Gasteiger partial charge in [0.1, 0.15) is 17.7 Å². The molecule has 0 saturated carbocycles. The third-order valence-electron chi connectivity index (χ3n) is 5.34. The SMILES string of the molecule is CC1(C(=O)Cc2ccc3c(=O)c(-c4ccc(F)cc4)coc3c2)CCCN1. The zero-order valence-electron chi connectivity index (χ0n) is 15.0. The van der Waals surface area contributed by atoms with Gasteiger partial charge in [0.15, 0.2) is 11.2 Å². The molecule has 0 radical (unpaired) electrons. The molecule has 1 atom stereocenters. The van der Waals surface area contributed by atoms with Gasteiger partial charge in [0.05, 0.1) is 16.5 Å². The summed E-state index contributed by atoms with van der Waals surface area (Å²) in [5.41, 5.74) is 1.61. The monoisotopic (exact) mass is 365 g/mol. The van der Waals surface area contributed by atoms with Crippen molar-refractivity contribution in [3.8, 4) is 11.1 Å². The molecule has 1 saturated heterocycles. The van der Waals surface area contributed by atoms with E-state index in [9.17, 15) is 14.0 Å². The maximum atomic E-state index is 13.1. The largest absolute Gasteiger partial charge is 0.463 e. The lowest BCUT2D eigenvalue weighted by atomic mass is 9.90. The van der Waals surface area contributed by atoms with E-state index in [1.165, 1.54) is 18.4 Å². The molecule has 1 aliphatic heterocycles. The lowest BCUT2D eigenvalue weighted by molar-refractivity contribution is -0.123. The maximum Gasteiger partial charge on any atom is 0.200 e. The Labute approximate surface area is 156 Å². The molecule has 2 aromatic carbocycles. The number of ketones is 1. The molecule has 1 unspecified atom stereocenters. The van der Waals surface area contributed by atoms with Gasteiger partial charge in [-0.15, -0.1) is 0 Å². The van der Waals surface area contributed by atoms with Crippen LogP contribution in [0.5, 0.6) is 0 Å². The second kappa shape index (κ2) is 6.74. The molecule has 5 heteroatoms. The van der Waals surface area contributed by atoms with Crippen molar-refractivity contribution in [2.75, 3.05) is 6.54 Å². The fourth-order valence-corrected chi connectivity index (χ4v) is 3.62. The Morgan fingerprint density at radius 2 is 2.00 bits per heavy atom. The topological polar surface area (TPSA) is 59.3 Å². The summed E-state index contributed by atoms with van der Waals surface area (Å²) >= 11 is 0. The molecule has 3 aromatic rings. The van der Waals surface area contributed by atoms with Crippen LogP contribution in [0.1, 0.15) is 25.3 Å². The number of rotatable bonds is 4. The average molecular weight is 365 g/mol. The summed E-state index contributed by atoms with van der Waals surface area (Å²) in [6.45, 7) is 2.81. The Balaban J connectivity index is 1.66. The number of halogens is 1. The molecule has 1 aromatic heterocycles. The summed E-state index contributed by atoms with van der Waals surface area (Å²) in [4.78, 5) is 25.4. The number of Topliss-reactive ketones (excluding diaryl/α,β-unsaturated/α-hetero) is 1. The highest BCUT2D eigenvalue weighted by atomic mass is 19.1. The molecule has 4 rings (SSSR count). The number of carbonyl (C=O) groups is 1. The zero-order valence-corrected chi connectivity index (χ0v) is 15.0. The van der Waals surface area contributed by atoms with Crippen molar-refractivity contribution in [2.24, 2.45) is 0 Å². The van der Waals surface area contributed by atoms with E-state index < -0.39 is 5.54 Å². The lowest BCUT2D eigenvalue weighted by Crippen LogP contribution is -2.45. The highest BCUT2D eigenvalue weighted by molar-refractivity contribution is 5.91. The van der Waals surface area contributed by atoms with E-state index in [0.717, 1.165) is 24.9 Å². The quantitative estimate of drug-likeness (QED) is 0.763. The fraction of sp³-hybridized carbons (Fsp3) is 0.273. The second-order valence-corrected chi connectivity index (χ2v) is 7.28. The van der Waals surface area contributed by atoms with Gasteiger partial charge >= 0.3 is 0 Å². The minimum atomic E-state index is -0.470. The minimum Gasteiger partial charge on any atom is -0.463 e. The van der Waals surface area contributed by atoms with E-state index in [2.05, 4.69) is 5.32 Å². The van der Waals surface area contributed by atoms with Crippen LogP contribution in [-0.4, -0.2) is 17.9 Å². The van der Waals surface area contributed by atoms with Gasteiger partial charge in [-0.2, -0.15) is 0 Å². The van der Waals surface area contributed by atoms with E-state index >= 15 is 0 Å². The molecule has 0 aliphatic carbocycles. The molecule has 4 nitrogen and oxygen atoms in total. The number of hydrogen-bond donors (Lipinski definition) is 1. The van der Waals surface area contributed by atoms with E-state index in [1.54, 1.807) is 30.3 Å². The van der Waals surface area contributed by atoms with Crippen LogP contribution in [0.15, 0.2) is 57.9 Å². The van der Waals surface area contributed by atoms with Gasteiger partial charge < -0.3 is 9.73 Å². The number of nitrogens with one attached hydrogen (secondary N) is 1. The molecule has 138 valence electrons. The first kappa shape index (κ1) is 17.6. The van der Waals surface area contributed by atoms with E-state index in [0.29, 0.717) is 28.5 Å². The fourth-order valence-electron chi connectivity index (χ4n) is 3.62. The van der Waals surface area contributed by atoms with E-state index in [4.69, 9.17) is 4.42 Å². The van der Waals surface area contributed by atoms with E-state index in [1.807, 2.05) is 6.92 Å². The van der Waals surface area contributed by atoms with Crippen molar-refractivity contribution in [1.29, 1.82) is 0 Å². The Morgan fingerprint density at radius 1 is 1.22 bits per heavy atom. The third kappa shape index (κ3) is 3.30. The predicted molar refractivity (Wildman–Crippen MR) is 102 cm³/mol. The number of benzene rings is 2. The van der Waals surface area contributed by atoms with Gasteiger partial charge in [0.25, 0.3) is 0 Å². The van der Waals surface area contributed by atoms with Crippen molar-refractivity contribution in [2.45, 2.75) is 31.7 Å². The summed E-state index contributed by atoms with van der Waals surface area (Å²) in [7, 11) is 0. The molecular weight excluding hydrogens is 345 g/mol.